The number of hydrogen-bond acceptors (Lipinski definition) is 3. The topological polar surface area (TPSA) is 42.5 Å². The average Bonchev–Trinajstić information content (AvgIpc) is 2.65. The van der Waals surface area contributed by atoms with Gasteiger partial charge in [-0.2, -0.15) is 0 Å². The molecule has 2 N–H and O–H groups in total. The molecule has 3 aromatic rings. The first kappa shape index (κ1) is 16.8. The standard InChI is InChI=1S/C20H18N2O2S/c1-23-16-13-11-15(12-14-16)21-20(25)22-18-9-5-6-10-19(18)24-17-7-3-2-4-8-17/h2-14H,1H3,(H2,21,22,25). The Bertz CT molecular complexity index is 836. The number of ether oxygens (including phenoxy) is 2. The maximum atomic E-state index is 5.92. The quantitative estimate of drug-likeness (QED) is 0.612. The highest BCUT2D eigenvalue weighted by atomic mass is 32.1. The number of benzene rings is 3. The lowest BCUT2D eigenvalue weighted by Gasteiger charge is -2.14. The molecule has 5 heteroatoms. The summed E-state index contributed by atoms with van der Waals surface area (Å²) in [6, 6.07) is 24.8. The van der Waals surface area contributed by atoms with Gasteiger partial charge in [-0.15, -0.1) is 0 Å². The molecule has 0 bridgehead atoms. The van der Waals surface area contributed by atoms with Gasteiger partial charge in [0, 0.05) is 5.69 Å². The lowest BCUT2D eigenvalue weighted by atomic mass is 10.3. The van der Waals surface area contributed by atoms with E-state index in [1.54, 1.807) is 7.11 Å². The fourth-order valence-corrected chi connectivity index (χ4v) is 2.46. The van der Waals surface area contributed by atoms with Crippen molar-refractivity contribution in [1.82, 2.24) is 0 Å². The van der Waals surface area contributed by atoms with Crippen LogP contribution in [0, 0.1) is 0 Å². The molecule has 25 heavy (non-hydrogen) atoms. The zero-order valence-electron chi connectivity index (χ0n) is 13.7. The lowest BCUT2D eigenvalue weighted by Crippen LogP contribution is -2.19. The first-order valence-corrected chi connectivity index (χ1v) is 8.19. The summed E-state index contributed by atoms with van der Waals surface area (Å²) in [5.74, 6) is 2.27. The normalized spacial score (nSPS) is 9.96. The molecule has 0 aliphatic rings. The van der Waals surface area contributed by atoms with E-state index in [-0.39, 0.29) is 0 Å². The summed E-state index contributed by atoms with van der Waals surface area (Å²) in [6.45, 7) is 0. The Kier molecular flexibility index (Phi) is 5.49. The number of rotatable bonds is 5. The van der Waals surface area contributed by atoms with Crippen LogP contribution in [-0.4, -0.2) is 12.2 Å². The summed E-state index contributed by atoms with van der Waals surface area (Å²) >= 11 is 5.39. The summed E-state index contributed by atoms with van der Waals surface area (Å²) < 4.78 is 11.1. The van der Waals surface area contributed by atoms with Crippen molar-refractivity contribution in [2.24, 2.45) is 0 Å². The third-order valence-corrected chi connectivity index (χ3v) is 3.66. The molecule has 3 rings (SSSR count). The SMILES string of the molecule is COc1ccc(NC(=S)Nc2ccccc2Oc2ccccc2)cc1. The number of nitrogens with one attached hydrogen (secondary N) is 2. The number of hydrogen-bond donors (Lipinski definition) is 2. The Hall–Kier alpha value is -3.05. The third-order valence-electron chi connectivity index (χ3n) is 3.45. The zero-order chi connectivity index (χ0) is 17.5. The van der Waals surface area contributed by atoms with Gasteiger partial charge in [0.1, 0.15) is 11.5 Å². The van der Waals surface area contributed by atoms with Crippen LogP contribution in [0.1, 0.15) is 0 Å². The van der Waals surface area contributed by atoms with Crippen LogP contribution in [-0.2, 0) is 0 Å². The molecule has 0 saturated heterocycles. The molecule has 0 atom stereocenters. The van der Waals surface area contributed by atoms with Crippen LogP contribution in [0.4, 0.5) is 11.4 Å². The van der Waals surface area contributed by atoms with Crippen molar-refractivity contribution in [3.05, 3.63) is 78.9 Å². The Morgan fingerprint density at radius 1 is 0.760 bits per heavy atom. The largest absolute Gasteiger partial charge is 0.497 e. The van der Waals surface area contributed by atoms with E-state index in [0.717, 1.165) is 22.9 Å². The summed E-state index contributed by atoms with van der Waals surface area (Å²) in [7, 11) is 1.64. The van der Waals surface area contributed by atoms with Crippen molar-refractivity contribution in [2.45, 2.75) is 0 Å². The van der Waals surface area contributed by atoms with Crippen LogP contribution in [0.3, 0.4) is 0 Å². The first-order chi connectivity index (χ1) is 12.2. The molecular weight excluding hydrogens is 332 g/mol. The van der Waals surface area contributed by atoms with Gasteiger partial charge >= 0.3 is 0 Å². The van der Waals surface area contributed by atoms with Gasteiger partial charge in [-0.3, -0.25) is 0 Å². The number of thiocarbonyl (C=S) groups is 1. The van der Waals surface area contributed by atoms with Crippen molar-refractivity contribution in [2.75, 3.05) is 17.7 Å². The van der Waals surface area contributed by atoms with Crippen LogP contribution in [0.5, 0.6) is 17.2 Å². The second-order valence-electron chi connectivity index (χ2n) is 5.22. The van der Waals surface area contributed by atoms with E-state index < -0.39 is 0 Å². The van der Waals surface area contributed by atoms with E-state index in [4.69, 9.17) is 21.7 Å². The van der Waals surface area contributed by atoms with E-state index >= 15 is 0 Å². The summed E-state index contributed by atoms with van der Waals surface area (Å²) in [4.78, 5) is 0. The van der Waals surface area contributed by atoms with Crippen molar-refractivity contribution in [1.29, 1.82) is 0 Å². The van der Waals surface area contributed by atoms with Gasteiger partial charge in [0.25, 0.3) is 0 Å². The van der Waals surface area contributed by atoms with Gasteiger partial charge in [0.05, 0.1) is 12.8 Å². The van der Waals surface area contributed by atoms with Gasteiger partial charge in [-0.1, -0.05) is 30.3 Å². The molecule has 0 heterocycles. The monoisotopic (exact) mass is 350 g/mol. The van der Waals surface area contributed by atoms with E-state index in [9.17, 15) is 0 Å². The highest BCUT2D eigenvalue weighted by molar-refractivity contribution is 7.80. The van der Waals surface area contributed by atoms with E-state index in [2.05, 4.69) is 10.6 Å². The number of anilines is 2. The maximum Gasteiger partial charge on any atom is 0.175 e. The molecule has 0 spiro atoms. The van der Waals surface area contributed by atoms with E-state index in [1.165, 1.54) is 0 Å². The highest BCUT2D eigenvalue weighted by Crippen LogP contribution is 2.29. The van der Waals surface area contributed by atoms with Crippen molar-refractivity contribution in [3.63, 3.8) is 0 Å². The molecule has 0 radical (unpaired) electrons. The molecule has 3 aromatic carbocycles. The molecule has 0 aliphatic heterocycles. The van der Waals surface area contributed by atoms with Gasteiger partial charge in [0.15, 0.2) is 10.9 Å². The molecule has 0 aliphatic carbocycles. The van der Waals surface area contributed by atoms with Crippen molar-refractivity contribution >= 4 is 28.7 Å². The number of para-hydroxylation sites is 3. The molecular formula is C20H18N2O2S. The maximum absolute atomic E-state index is 5.92. The zero-order valence-corrected chi connectivity index (χ0v) is 14.5. The molecule has 4 nitrogen and oxygen atoms in total. The minimum Gasteiger partial charge on any atom is -0.497 e. The predicted molar refractivity (Wildman–Crippen MR) is 106 cm³/mol. The summed E-state index contributed by atoms with van der Waals surface area (Å²) in [5, 5.41) is 6.79. The summed E-state index contributed by atoms with van der Waals surface area (Å²) in [6.07, 6.45) is 0. The Morgan fingerprint density at radius 3 is 2.16 bits per heavy atom. The summed E-state index contributed by atoms with van der Waals surface area (Å²) in [5.41, 5.74) is 1.66. The minimum atomic E-state index is 0.481. The van der Waals surface area contributed by atoms with Crippen LogP contribution in [0.25, 0.3) is 0 Å². The molecule has 0 amide bonds. The van der Waals surface area contributed by atoms with Crippen LogP contribution < -0.4 is 20.1 Å². The van der Waals surface area contributed by atoms with Crippen molar-refractivity contribution in [3.8, 4) is 17.2 Å². The van der Waals surface area contributed by atoms with Crippen LogP contribution >= 0.6 is 12.2 Å². The molecule has 0 fully saturated rings. The predicted octanol–water partition coefficient (Wildman–Crippen LogP) is 5.30. The third kappa shape index (κ3) is 4.71. The average molecular weight is 350 g/mol. The molecule has 0 saturated carbocycles. The molecule has 0 aromatic heterocycles. The van der Waals surface area contributed by atoms with E-state index in [1.807, 2.05) is 78.9 Å². The second-order valence-corrected chi connectivity index (χ2v) is 5.63. The van der Waals surface area contributed by atoms with Crippen LogP contribution in [0.15, 0.2) is 78.9 Å². The Morgan fingerprint density at radius 2 is 1.44 bits per heavy atom. The van der Waals surface area contributed by atoms with Gasteiger partial charge in [0.2, 0.25) is 0 Å². The van der Waals surface area contributed by atoms with Gasteiger partial charge < -0.3 is 20.1 Å². The second kappa shape index (κ2) is 8.17. The van der Waals surface area contributed by atoms with Gasteiger partial charge in [-0.25, -0.2) is 0 Å². The minimum absolute atomic E-state index is 0.481. The lowest BCUT2D eigenvalue weighted by molar-refractivity contribution is 0.415. The highest BCUT2D eigenvalue weighted by Gasteiger charge is 2.06. The molecule has 126 valence electrons. The van der Waals surface area contributed by atoms with E-state index in [0.29, 0.717) is 10.9 Å². The van der Waals surface area contributed by atoms with Crippen LogP contribution in [0.2, 0.25) is 0 Å². The first-order valence-electron chi connectivity index (χ1n) is 7.78. The Balaban J connectivity index is 1.68. The Labute approximate surface area is 152 Å². The number of methoxy groups -OCH3 is 1. The molecule has 0 unspecified atom stereocenters. The van der Waals surface area contributed by atoms with Crippen molar-refractivity contribution < 1.29 is 9.47 Å². The fraction of sp³-hybridized carbons (Fsp3) is 0.0500. The smallest absolute Gasteiger partial charge is 0.175 e. The van der Waals surface area contributed by atoms with Gasteiger partial charge in [-0.05, 0) is 60.7 Å². The fourth-order valence-electron chi connectivity index (χ4n) is 2.23.